The Hall–Kier alpha value is -1.36. The Kier molecular flexibility index (Phi) is 5.15. The lowest BCUT2D eigenvalue weighted by Crippen LogP contribution is -2.33. The normalized spacial score (nSPS) is 10.6. The molecule has 1 heterocycles. The lowest BCUT2D eigenvalue weighted by atomic mass is 10.1. The summed E-state index contributed by atoms with van der Waals surface area (Å²) < 4.78 is 5.06. The zero-order chi connectivity index (χ0) is 12.8. The van der Waals surface area contributed by atoms with E-state index in [0.717, 1.165) is 0 Å². The highest BCUT2D eigenvalue weighted by atomic mass is 16.5. The van der Waals surface area contributed by atoms with Crippen LogP contribution in [0.2, 0.25) is 0 Å². The molecule has 0 atom stereocenters. The Morgan fingerprint density at radius 2 is 2.18 bits per heavy atom. The minimum absolute atomic E-state index is 0.0587. The number of aliphatic hydroxyl groups excluding tert-OH is 1. The number of carbonyl (C=O) groups excluding carboxylic acids is 1. The van der Waals surface area contributed by atoms with Crippen molar-refractivity contribution in [1.82, 2.24) is 10.1 Å². The molecule has 17 heavy (non-hydrogen) atoms. The zero-order valence-corrected chi connectivity index (χ0v) is 10.7. The third-order valence-corrected chi connectivity index (χ3v) is 2.74. The van der Waals surface area contributed by atoms with E-state index in [4.69, 9.17) is 9.63 Å². The van der Waals surface area contributed by atoms with E-state index in [9.17, 15) is 4.79 Å². The molecule has 1 N–H and O–H groups in total. The summed E-state index contributed by atoms with van der Waals surface area (Å²) in [4.78, 5) is 14.0. The standard InChI is InChI=1S/C12H20N2O3/c1-4-10-11(9(3)17-13-10)12(16)14(5-2)7-6-8-15/h15H,4-8H2,1-3H3. The van der Waals surface area contributed by atoms with Crippen molar-refractivity contribution in [3.63, 3.8) is 0 Å². The van der Waals surface area contributed by atoms with Gasteiger partial charge in [-0.2, -0.15) is 0 Å². The number of amides is 1. The molecule has 1 aromatic heterocycles. The Morgan fingerprint density at radius 1 is 1.47 bits per heavy atom. The number of aliphatic hydroxyl groups is 1. The van der Waals surface area contributed by atoms with Crippen molar-refractivity contribution in [1.29, 1.82) is 0 Å². The molecule has 0 saturated carbocycles. The van der Waals surface area contributed by atoms with Crippen molar-refractivity contribution in [3.05, 3.63) is 17.0 Å². The largest absolute Gasteiger partial charge is 0.396 e. The number of hydrogen-bond acceptors (Lipinski definition) is 4. The molecule has 0 unspecified atom stereocenters. The maximum absolute atomic E-state index is 12.3. The van der Waals surface area contributed by atoms with Crippen LogP contribution in [0.3, 0.4) is 0 Å². The minimum atomic E-state index is -0.0587. The van der Waals surface area contributed by atoms with Gasteiger partial charge in [-0.15, -0.1) is 0 Å². The molecule has 0 fully saturated rings. The van der Waals surface area contributed by atoms with Crippen molar-refractivity contribution < 1.29 is 14.4 Å². The van der Waals surface area contributed by atoms with Gasteiger partial charge in [0.2, 0.25) is 0 Å². The molecule has 5 heteroatoms. The molecule has 0 aromatic carbocycles. The topological polar surface area (TPSA) is 66.6 Å². The molecule has 0 aliphatic heterocycles. The average molecular weight is 240 g/mol. The van der Waals surface area contributed by atoms with Crippen LogP contribution in [-0.4, -0.2) is 40.8 Å². The quantitative estimate of drug-likeness (QED) is 0.816. The van der Waals surface area contributed by atoms with Crippen LogP contribution in [-0.2, 0) is 6.42 Å². The Bertz CT molecular complexity index is 374. The van der Waals surface area contributed by atoms with Crippen LogP contribution in [0.4, 0.5) is 0 Å². The number of nitrogens with zero attached hydrogens (tertiary/aromatic N) is 2. The lowest BCUT2D eigenvalue weighted by Gasteiger charge is -2.20. The van der Waals surface area contributed by atoms with Gasteiger partial charge in [-0.3, -0.25) is 4.79 Å². The Balaban J connectivity index is 2.89. The van der Waals surface area contributed by atoms with E-state index in [1.807, 2.05) is 13.8 Å². The molecule has 0 bridgehead atoms. The first-order valence-electron chi connectivity index (χ1n) is 6.00. The monoisotopic (exact) mass is 240 g/mol. The summed E-state index contributed by atoms with van der Waals surface area (Å²) in [6.45, 7) is 6.88. The lowest BCUT2D eigenvalue weighted by molar-refractivity contribution is 0.0751. The van der Waals surface area contributed by atoms with Crippen LogP contribution in [0.15, 0.2) is 4.52 Å². The Morgan fingerprint density at radius 3 is 2.71 bits per heavy atom. The van der Waals surface area contributed by atoms with Crippen LogP contribution >= 0.6 is 0 Å². The predicted octanol–water partition coefficient (Wildman–Crippen LogP) is 1.39. The van der Waals surface area contributed by atoms with E-state index < -0.39 is 0 Å². The first-order chi connectivity index (χ1) is 8.15. The number of aryl methyl sites for hydroxylation is 2. The second-order valence-corrected chi connectivity index (χ2v) is 3.88. The van der Waals surface area contributed by atoms with Crippen LogP contribution in [0.5, 0.6) is 0 Å². The molecule has 0 radical (unpaired) electrons. The second-order valence-electron chi connectivity index (χ2n) is 3.88. The van der Waals surface area contributed by atoms with Gasteiger partial charge in [-0.25, -0.2) is 0 Å². The summed E-state index contributed by atoms with van der Waals surface area (Å²) in [5.41, 5.74) is 1.28. The van der Waals surface area contributed by atoms with Gasteiger partial charge in [0.15, 0.2) is 0 Å². The van der Waals surface area contributed by atoms with E-state index in [2.05, 4.69) is 5.16 Å². The molecule has 5 nitrogen and oxygen atoms in total. The smallest absolute Gasteiger partial charge is 0.259 e. The fourth-order valence-corrected chi connectivity index (χ4v) is 1.76. The SMILES string of the molecule is CCc1noc(C)c1C(=O)N(CC)CCCO. The molecule has 0 saturated heterocycles. The highest BCUT2D eigenvalue weighted by Crippen LogP contribution is 2.16. The van der Waals surface area contributed by atoms with Crippen molar-refractivity contribution in [2.75, 3.05) is 19.7 Å². The van der Waals surface area contributed by atoms with E-state index in [1.54, 1.807) is 11.8 Å². The van der Waals surface area contributed by atoms with Crippen molar-refractivity contribution in [3.8, 4) is 0 Å². The molecule has 0 aliphatic rings. The number of rotatable bonds is 6. The summed E-state index contributed by atoms with van der Waals surface area (Å²) in [6.07, 6.45) is 1.27. The van der Waals surface area contributed by atoms with Gasteiger partial charge in [0, 0.05) is 19.7 Å². The van der Waals surface area contributed by atoms with Crippen LogP contribution in [0.25, 0.3) is 0 Å². The van der Waals surface area contributed by atoms with E-state index in [1.165, 1.54) is 0 Å². The highest BCUT2D eigenvalue weighted by molar-refractivity contribution is 5.96. The van der Waals surface area contributed by atoms with Gasteiger partial charge in [0.25, 0.3) is 5.91 Å². The number of aromatic nitrogens is 1. The van der Waals surface area contributed by atoms with E-state index >= 15 is 0 Å². The van der Waals surface area contributed by atoms with Gasteiger partial charge >= 0.3 is 0 Å². The zero-order valence-electron chi connectivity index (χ0n) is 10.7. The van der Waals surface area contributed by atoms with Gasteiger partial charge in [-0.1, -0.05) is 12.1 Å². The third-order valence-electron chi connectivity index (χ3n) is 2.74. The molecule has 1 amide bonds. The summed E-state index contributed by atoms with van der Waals surface area (Å²) in [5.74, 6) is 0.505. The van der Waals surface area contributed by atoms with Crippen molar-refractivity contribution >= 4 is 5.91 Å². The van der Waals surface area contributed by atoms with Gasteiger partial charge in [-0.05, 0) is 26.7 Å². The number of carbonyl (C=O) groups is 1. The Labute approximate surface area is 101 Å². The van der Waals surface area contributed by atoms with Gasteiger partial charge in [0.1, 0.15) is 11.3 Å². The molecule has 96 valence electrons. The second kappa shape index (κ2) is 6.39. The summed E-state index contributed by atoms with van der Waals surface area (Å²) in [7, 11) is 0. The van der Waals surface area contributed by atoms with Crippen molar-refractivity contribution in [2.24, 2.45) is 0 Å². The highest BCUT2D eigenvalue weighted by Gasteiger charge is 2.23. The summed E-state index contributed by atoms with van der Waals surface area (Å²) in [5, 5.41) is 12.7. The van der Waals surface area contributed by atoms with Gasteiger partial charge in [0.05, 0.1) is 5.69 Å². The van der Waals surface area contributed by atoms with Crippen LogP contribution in [0.1, 0.15) is 42.1 Å². The fraction of sp³-hybridized carbons (Fsp3) is 0.667. The maximum Gasteiger partial charge on any atom is 0.259 e. The summed E-state index contributed by atoms with van der Waals surface area (Å²) >= 11 is 0. The average Bonchev–Trinajstić information content (AvgIpc) is 2.71. The molecule has 0 aliphatic carbocycles. The molecule has 0 spiro atoms. The summed E-state index contributed by atoms with van der Waals surface area (Å²) in [6, 6.07) is 0. The first kappa shape index (κ1) is 13.7. The fourth-order valence-electron chi connectivity index (χ4n) is 1.76. The minimum Gasteiger partial charge on any atom is -0.396 e. The first-order valence-corrected chi connectivity index (χ1v) is 6.00. The van der Waals surface area contributed by atoms with Crippen molar-refractivity contribution in [2.45, 2.75) is 33.6 Å². The number of hydrogen-bond donors (Lipinski definition) is 1. The molecule has 1 aromatic rings. The van der Waals surface area contributed by atoms with Gasteiger partial charge < -0.3 is 14.5 Å². The molecular weight excluding hydrogens is 220 g/mol. The van der Waals surface area contributed by atoms with E-state index in [0.29, 0.717) is 42.9 Å². The van der Waals surface area contributed by atoms with Crippen LogP contribution < -0.4 is 0 Å². The van der Waals surface area contributed by atoms with E-state index in [-0.39, 0.29) is 12.5 Å². The van der Waals surface area contributed by atoms with Crippen LogP contribution in [0, 0.1) is 6.92 Å². The molecular formula is C12H20N2O3. The maximum atomic E-state index is 12.3. The predicted molar refractivity (Wildman–Crippen MR) is 63.9 cm³/mol. The third kappa shape index (κ3) is 3.06. The molecule has 1 rings (SSSR count).